The van der Waals surface area contributed by atoms with Gasteiger partial charge in [0.15, 0.2) is 0 Å². The minimum Gasteiger partial charge on any atom is -0.489 e. The van der Waals surface area contributed by atoms with E-state index < -0.39 is 0 Å². The standard InChI is InChI=1S/C11H16N2O2/c1-13-5-6-14-11(8-13)9-15-10-3-2-4-12-7-10/h2-4,7,11H,5-6,8-9H2,1H3. The normalized spacial score (nSPS) is 22.6. The molecule has 0 saturated carbocycles. The van der Waals surface area contributed by atoms with Crippen LogP contribution in [0, 0.1) is 0 Å². The third-order valence-corrected chi connectivity index (χ3v) is 2.41. The Morgan fingerprint density at radius 3 is 3.33 bits per heavy atom. The number of hydrogen-bond donors (Lipinski definition) is 0. The molecule has 1 saturated heterocycles. The van der Waals surface area contributed by atoms with Gasteiger partial charge in [-0.15, -0.1) is 0 Å². The number of rotatable bonds is 3. The maximum atomic E-state index is 5.58. The number of morpholine rings is 1. The number of hydrogen-bond acceptors (Lipinski definition) is 4. The summed E-state index contributed by atoms with van der Waals surface area (Å²) in [6, 6.07) is 3.77. The van der Waals surface area contributed by atoms with E-state index in [4.69, 9.17) is 9.47 Å². The van der Waals surface area contributed by atoms with Gasteiger partial charge >= 0.3 is 0 Å². The summed E-state index contributed by atoms with van der Waals surface area (Å²) in [5, 5.41) is 0. The first-order chi connectivity index (χ1) is 7.34. The highest BCUT2D eigenvalue weighted by molar-refractivity contribution is 5.15. The van der Waals surface area contributed by atoms with Crippen LogP contribution in [-0.4, -0.2) is 49.3 Å². The van der Waals surface area contributed by atoms with Gasteiger partial charge in [0.2, 0.25) is 0 Å². The SMILES string of the molecule is CN1CCOC(COc2cccnc2)C1. The van der Waals surface area contributed by atoms with E-state index >= 15 is 0 Å². The molecule has 15 heavy (non-hydrogen) atoms. The average molecular weight is 208 g/mol. The predicted octanol–water partition coefficient (Wildman–Crippen LogP) is 0.791. The van der Waals surface area contributed by atoms with Gasteiger partial charge in [0, 0.05) is 19.3 Å². The Bertz CT molecular complexity index is 292. The molecule has 1 aromatic rings. The van der Waals surface area contributed by atoms with Crippen molar-refractivity contribution in [2.45, 2.75) is 6.10 Å². The van der Waals surface area contributed by atoms with Crippen molar-refractivity contribution in [1.82, 2.24) is 9.88 Å². The summed E-state index contributed by atoms with van der Waals surface area (Å²) >= 11 is 0. The van der Waals surface area contributed by atoms with Crippen molar-refractivity contribution < 1.29 is 9.47 Å². The first-order valence-corrected chi connectivity index (χ1v) is 5.17. The smallest absolute Gasteiger partial charge is 0.137 e. The number of likely N-dealkylation sites (N-methyl/N-ethyl adjacent to an activating group) is 1. The van der Waals surface area contributed by atoms with Crippen LogP contribution in [0.5, 0.6) is 5.75 Å². The van der Waals surface area contributed by atoms with Crippen molar-refractivity contribution in [2.24, 2.45) is 0 Å². The lowest BCUT2D eigenvalue weighted by Gasteiger charge is -2.29. The lowest BCUT2D eigenvalue weighted by atomic mass is 10.3. The topological polar surface area (TPSA) is 34.6 Å². The summed E-state index contributed by atoms with van der Waals surface area (Å²) in [6.07, 6.45) is 3.62. The molecule has 0 N–H and O–H groups in total. The summed E-state index contributed by atoms with van der Waals surface area (Å²) < 4.78 is 11.2. The van der Waals surface area contributed by atoms with Crippen molar-refractivity contribution >= 4 is 0 Å². The molecule has 1 atom stereocenters. The molecule has 4 nitrogen and oxygen atoms in total. The molecular weight excluding hydrogens is 192 g/mol. The third-order valence-electron chi connectivity index (χ3n) is 2.41. The minimum absolute atomic E-state index is 0.170. The lowest BCUT2D eigenvalue weighted by molar-refractivity contribution is -0.0403. The van der Waals surface area contributed by atoms with Gasteiger partial charge in [0.05, 0.1) is 12.8 Å². The van der Waals surface area contributed by atoms with Crippen molar-refractivity contribution in [3.05, 3.63) is 24.5 Å². The van der Waals surface area contributed by atoms with Gasteiger partial charge < -0.3 is 14.4 Å². The third kappa shape index (κ3) is 3.18. The number of pyridine rings is 1. The van der Waals surface area contributed by atoms with Crippen LogP contribution < -0.4 is 4.74 Å². The maximum Gasteiger partial charge on any atom is 0.137 e. The Balaban J connectivity index is 1.78. The molecule has 0 aliphatic carbocycles. The summed E-state index contributed by atoms with van der Waals surface area (Å²) in [4.78, 5) is 6.24. The summed E-state index contributed by atoms with van der Waals surface area (Å²) in [7, 11) is 2.10. The van der Waals surface area contributed by atoms with Crippen LogP contribution in [-0.2, 0) is 4.74 Å². The Morgan fingerprint density at radius 1 is 1.67 bits per heavy atom. The number of aromatic nitrogens is 1. The molecule has 2 rings (SSSR count). The molecule has 1 aliphatic rings. The van der Waals surface area contributed by atoms with Crippen molar-refractivity contribution in [3.63, 3.8) is 0 Å². The van der Waals surface area contributed by atoms with Gasteiger partial charge in [-0.25, -0.2) is 0 Å². The van der Waals surface area contributed by atoms with Gasteiger partial charge in [0.1, 0.15) is 18.5 Å². The molecule has 2 heterocycles. The molecule has 1 aromatic heterocycles. The van der Waals surface area contributed by atoms with E-state index in [1.54, 1.807) is 12.4 Å². The van der Waals surface area contributed by atoms with Crippen LogP contribution in [0.15, 0.2) is 24.5 Å². The van der Waals surface area contributed by atoms with Crippen LogP contribution in [0.2, 0.25) is 0 Å². The quantitative estimate of drug-likeness (QED) is 0.735. The zero-order chi connectivity index (χ0) is 10.5. The Labute approximate surface area is 89.8 Å². The number of ether oxygens (including phenoxy) is 2. The second kappa shape index (κ2) is 5.09. The molecular formula is C11H16N2O2. The minimum atomic E-state index is 0.170. The molecule has 0 amide bonds. The zero-order valence-corrected chi connectivity index (χ0v) is 8.93. The van der Waals surface area contributed by atoms with Gasteiger partial charge in [-0.05, 0) is 19.2 Å². The molecule has 1 unspecified atom stereocenters. The molecule has 1 fully saturated rings. The highest BCUT2D eigenvalue weighted by atomic mass is 16.5. The van der Waals surface area contributed by atoms with E-state index in [-0.39, 0.29) is 6.10 Å². The molecule has 0 radical (unpaired) electrons. The van der Waals surface area contributed by atoms with Crippen molar-refractivity contribution in [2.75, 3.05) is 33.4 Å². The van der Waals surface area contributed by atoms with Gasteiger partial charge in [0.25, 0.3) is 0 Å². The van der Waals surface area contributed by atoms with E-state index in [9.17, 15) is 0 Å². The van der Waals surface area contributed by atoms with E-state index in [1.807, 2.05) is 12.1 Å². The van der Waals surface area contributed by atoms with E-state index in [2.05, 4.69) is 16.9 Å². The molecule has 0 spiro atoms. The van der Waals surface area contributed by atoms with Crippen LogP contribution >= 0.6 is 0 Å². The van der Waals surface area contributed by atoms with Crippen molar-refractivity contribution in [1.29, 1.82) is 0 Å². The van der Waals surface area contributed by atoms with Crippen LogP contribution in [0.1, 0.15) is 0 Å². The first-order valence-electron chi connectivity index (χ1n) is 5.17. The second-order valence-electron chi connectivity index (χ2n) is 3.75. The fraction of sp³-hybridized carbons (Fsp3) is 0.545. The van der Waals surface area contributed by atoms with E-state index in [0.29, 0.717) is 6.61 Å². The Morgan fingerprint density at radius 2 is 2.60 bits per heavy atom. The van der Waals surface area contributed by atoms with Crippen LogP contribution in [0.4, 0.5) is 0 Å². The second-order valence-corrected chi connectivity index (χ2v) is 3.75. The molecule has 1 aliphatic heterocycles. The Hall–Kier alpha value is -1.13. The van der Waals surface area contributed by atoms with E-state index in [1.165, 1.54) is 0 Å². The average Bonchev–Trinajstić information content (AvgIpc) is 2.28. The lowest BCUT2D eigenvalue weighted by Crippen LogP contribution is -2.42. The summed E-state index contributed by atoms with van der Waals surface area (Å²) in [6.45, 7) is 3.32. The van der Waals surface area contributed by atoms with Gasteiger partial charge in [-0.3, -0.25) is 4.98 Å². The first kappa shape index (κ1) is 10.4. The molecule has 82 valence electrons. The highest BCUT2D eigenvalue weighted by Gasteiger charge is 2.17. The van der Waals surface area contributed by atoms with Crippen LogP contribution in [0.25, 0.3) is 0 Å². The van der Waals surface area contributed by atoms with Gasteiger partial charge in [-0.1, -0.05) is 0 Å². The van der Waals surface area contributed by atoms with Crippen LogP contribution in [0.3, 0.4) is 0 Å². The Kier molecular flexibility index (Phi) is 3.53. The molecule has 0 bridgehead atoms. The number of nitrogens with zero attached hydrogens (tertiary/aromatic N) is 2. The molecule has 0 aromatic carbocycles. The van der Waals surface area contributed by atoms with Crippen molar-refractivity contribution in [3.8, 4) is 5.75 Å². The van der Waals surface area contributed by atoms with Gasteiger partial charge in [-0.2, -0.15) is 0 Å². The maximum absolute atomic E-state index is 5.58. The predicted molar refractivity (Wildman–Crippen MR) is 57.0 cm³/mol. The summed E-state index contributed by atoms with van der Waals surface area (Å²) in [5.74, 6) is 0.800. The fourth-order valence-electron chi connectivity index (χ4n) is 1.59. The molecule has 4 heteroatoms. The van der Waals surface area contributed by atoms with E-state index in [0.717, 1.165) is 25.4 Å². The monoisotopic (exact) mass is 208 g/mol. The highest BCUT2D eigenvalue weighted by Crippen LogP contribution is 2.09. The largest absolute Gasteiger partial charge is 0.489 e. The summed E-state index contributed by atoms with van der Waals surface area (Å²) in [5.41, 5.74) is 0. The zero-order valence-electron chi connectivity index (χ0n) is 8.93. The fourth-order valence-corrected chi connectivity index (χ4v) is 1.59.